The molecule has 126 valence electrons. The van der Waals surface area contributed by atoms with Crippen LogP contribution in [0.4, 0.5) is 11.6 Å². The van der Waals surface area contributed by atoms with Gasteiger partial charge in [0.1, 0.15) is 12.5 Å². The second-order valence-electron chi connectivity index (χ2n) is 6.30. The highest BCUT2D eigenvalue weighted by Gasteiger charge is 2.23. The van der Waals surface area contributed by atoms with Crippen molar-refractivity contribution in [1.29, 1.82) is 0 Å². The smallest absolute Gasteiger partial charge is 0.171 e. The molecule has 0 spiro atoms. The van der Waals surface area contributed by atoms with Crippen LogP contribution in [0.5, 0.6) is 0 Å². The van der Waals surface area contributed by atoms with E-state index >= 15 is 0 Å². The van der Waals surface area contributed by atoms with Crippen molar-refractivity contribution in [1.82, 2.24) is 4.98 Å². The van der Waals surface area contributed by atoms with Gasteiger partial charge in [0.2, 0.25) is 0 Å². The fraction of sp³-hybridized carbons (Fsp3) is 0.316. The molecule has 1 aromatic heterocycles. The van der Waals surface area contributed by atoms with Gasteiger partial charge in [-0.1, -0.05) is 33.8 Å². The van der Waals surface area contributed by atoms with Crippen LogP contribution < -0.4 is 10.1 Å². The molecule has 0 saturated heterocycles. The van der Waals surface area contributed by atoms with Gasteiger partial charge in [0.05, 0.1) is 11.4 Å². The molecule has 0 amide bonds. The van der Waals surface area contributed by atoms with Crippen LogP contribution in [0.3, 0.4) is 0 Å². The standard InChI is InChI=1S/C19H23N3O2/c1-14(2)16-8-6-12-23-21(16)18-10-5-11-19(20-18)22-17(15(3)4)9-7-13-24-22/h5-15H,1-4H3. The molecule has 0 aliphatic carbocycles. The number of aromatic nitrogens is 1. The summed E-state index contributed by atoms with van der Waals surface area (Å²) in [7, 11) is 0. The number of rotatable bonds is 4. The normalized spacial score (nSPS) is 16.9. The maximum Gasteiger partial charge on any atom is 0.171 e. The van der Waals surface area contributed by atoms with Crippen molar-refractivity contribution in [3.8, 4) is 0 Å². The first-order valence-corrected chi connectivity index (χ1v) is 8.22. The number of hydrogen-bond donors (Lipinski definition) is 0. The predicted molar refractivity (Wildman–Crippen MR) is 95.5 cm³/mol. The Bertz CT molecular complexity index is 660. The molecule has 0 radical (unpaired) electrons. The van der Waals surface area contributed by atoms with E-state index in [1.165, 1.54) is 0 Å². The number of hydrogen-bond acceptors (Lipinski definition) is 5. The zero-order chi connectivity index (χ0) is 17.1. The third-order valence-electron chi connectivity index (χ3n) is 3.81. The highest BCUT2D eigenvalue weighted by Crippen LogP contribution is 2.30. The molecule has 2 aliphatic rings. The molecule has 0 unspecified atom stereocenters. The zero-order valence-electron chi connectivity index (χ0n) is 14.5. The fourth-order valence-electron chi connectivity index (χ4n) is 2.59. The Kier molecular flexibility index (Phi) is 4.60. The number of pyridine rings is 1. The van der Waals surface area contributed by atoms with E-state index in [9.17, 15) is 0 Å². The molecular weight excluding hydrogens is 302 g/mol. The van der Waals surface area contributed by atoms with Gasteiger partial charge >= 0.3 is 0 Å². The third-order valence-corrected chi connectivity index (χ3v) is 3.81. The summed E-state index contributed by atoms with van der Waals surface area (Å²) in [6, 6.07) is 5.81. The van der Waals surface area contributed by atoms with Crippen LogP contribution in [0.2, 0.25) is 0 Å². The summed E-state index contributed by atoms with van der Waals surface area (Å²) in [6.07, 6.45) is 11.2. The molecular formula is C19H23N3O2. The van der Waals surface area contributed by atoms with E-state index < -0.39 is 0 Å². The highest BCUT2D eigenvalue weighted by molar-refractivity contribution is 5.53. The van der Waals surface area contributed by atoms with Gasteiger partial charge in [-0.3, -0.25) is 0 Å². The first-order chi connectivity index (χ1) is 11.6. The molecule has 5 nitrogen and oxygen atoms in total. The van der Waals surface area contributed by atoms with Crippen LogP contribution in [0.15, 0.2) is 66.4 Å². The van der Waals surface area contributed by atoms with Gasteiger partial charge in [0.15, 0.2) is 11.6 Å². The Balaban J connectivity index is 1.93. The molecule has 0 N–H and O–H groups in total. The summed E-state index contributed by atoms with van der Waals surface area (Å²) in [5.41, 5.74) is 2.11. The number of allylic oxidation sites excluding steroid dienone is 6. The summed E-state index contributed by atoms with van der Waals surface area (Å²) in [5, 5.41) is 3.51. The van der Waals surface area contributed by atoms with Crippen molar-refractivity contribution in [3.05, 3.63) is 66.4 Å². The number of anilines is 2. The van der Waals surface area contributed by atoms with E-state index in [1.807, 2.05) is 42.5 Å². The van der Waals surface area contributed by atoms with Crippen molar-refractivity contribution < 1.29 is 9.68 Å². The first-order valence-electron chi connectivity index (χ1n) is 8.22. The summed E-state index contributed by atoms with van der Waals surface area (Å²) in [6.45, 7) is 8.51. The number of nitrogens with zero attached hydrogens (tertiary/aromatic N) is 3. The summed E-state index contributed by atoms with van der Waals surface area (Å²) < 4.78 is 0. The van der Waals surface area contributed by atoms with Gasteiger partial charge < -0.3 is 9.68 Å². The van der Waals surface area contributed by atoms with Gasteiger partial charge in [-0.2, -0.15) is 10.1 Å². The van der Waals surface area contributed by atoms with Gasteiger partial charge in [0.25, 0.3) is 0 Å². The third kappa shape index (κ3) is 3.15. The summed E-state index contributed by atoms with van der Waals surface area (Å²) >= 11 is 0. The average molecular weight is 325 g/mol. The van der Waals surface area contributed by atoms with Crippen LogP contribution in [-0.4, -0.2) is 4.98 Å². The average Bonchev–Trinajstić information content (AvgIpc) is 2.61. The van der Waals surface area contributed by atoms with E-state index in [4.69, 9.17) is 14.7 Å². The lowest BCUT2D eigenvalue weighted by Gasteiger charge is -2.31. The van der Waals surface area contributed by atoms with Gasteiger partial charge in [0, 0.05) is 0 Å². The molecule has 0 atom stereocenters. The van der Waals surface area contributed by atoms with Crippen LogP contribution in [0.1, 0.15) is 27.7 Å². The minimum absolute atomic E-state index is 0.320. The SMILES string of the molecule is CC(C)C1=CC=CON1c1cccc(N2OC=CC=C2C(C)C)n1. The molecule has 0 bridgehead atoms. The largest absolute Gasteiger partial charge is 0.381 e. The maximum atomic E-state index is 5.69. The van der Waals surface area contributed by atoms with Crippen molar-refractivity contribution in [2.75, 3.05) is 10.1 Å². The zero-order valence-corrected chi connectivity index (χ0v) is 14.5. The lowest BCUT2D eigenvalue weighted by Crippen LogP contribution is -2.29. The lowest BCUT2D eigenvalue weighted by atomic mass is 10.1. The second-order valence-corrected chi connectivity index (χ2v) is 6.30. The predicted octanol–water partition coefficient (Wildman–Crippen LogP) is 4.69. The van der Waals surface area contributed by atoms with Crippen LogP contribution in [0.25, 0.3) is 0 Å². The molecule has 3 rings (SSSR count). The van der Waals surface area contributed by atoms with Crippen LogP contribution in [-0.2, 0) is 9.68 Å². The minimum atomic E-state index is 0.320. The Morgan fingerprint density at radius 3 is 1.67 bits per heavy atom. The molecule has 24 heavy (non-hydrogen) atoms. The topological polar surface area (TPSA) is 37.8 Å². The van der Waals surface area contributed by atoms with E-state index in [-0.39, 0.29) is 0 Å². The lowest BCUT2D eigenvalue weighted by molar-refractivity contribution is 0.216. The highest BCUT2D eigenvalue weighted by atomic mass is 16.7. The Hall–Kier alpha value is -2.69. The van der Waals surface area contributed by atoms with Crippen molar-refractivity contribution in [2.24, 2.45) is 11.8 Å². The van der Waals surface area contributed by atoms with Crippen molar-refractivity contribution in [2.45, 2.75) is 27.7 Å². The van der Waals surface area contributed by atoms with Crippen molar-refractivity contribution >= 4 is 11.6 Å². The molecule has 0 saturated carbocycles. The second kappa shape index (κ2) is 6.83. The quantitative estimate of drug-likeness (QED) is 0.802. The molecule has 0 fully saturated rings. The van der Waals surface area contributed by atoms with E-state index in [2.05, 4.69) is 27.7 Å². The fourth-order valence-corrected chi connectivity index (χ4v) is 2.59. The Morgan fingerprint density at radius 1 is 0.792 bits per heavy atom. The molecule has 0 aromatic carbocycles. The van der Waals surface area contributed by atoms with Gasteiger partial charge in [-0.05, 0) is 48.3 Å². The number of hydroxylamine groups is 2. The van der Waals surface area contributed by atoms with Crippen LogP contribution in [0, 0.1) is 11.8 Å². The molecule has 1 aromatic rings. The van der Waals surface area contributed by atoms with Gasteiger partial charge in [-0.25, -0.2) is 4.98 Å². The van der Waals surface area contributed by atoms with E-state index in [0.717, 1.165) is 23.0 Å². The first kappa shape index (κ1) is 16.2. The van der Waals surface area contributed by atoms with Crippen LogP contribution >= 0.6 is 0 Å². The van der Waals surface area contributed by atoms with E-state index in [1.54, 1.807) is 22.7 Å². The molecule has 5 heteroatoms. The summed E-state index contributed by atoms with van der Waals surface area (Å²) in [4.78, 5) is 16.1. The van der Waals surface area contributed by atoms with Crippen molar-refractivity contribution in [3.63, 3.8) is 0 Å². The monoisotopic (exact) mass is 325 g/mol. The summed E-state index contributed by atoms with van der Waals surface area (Å²) in [5.74, 6) is 2.08. The molecule has 3 heterocycles. The molecule has 2 aliphatic heterocycles. The van der Waals surface area contributed by atoms with E-state index in [0.29, 0.717) is 11.8 Å². The Morgan fingerprint density at radius 2 is 1.25 bits per heavy atom. The maximum absolute atomic E-state index is 5.69. The Labute approximate surface area is 143 Å². The minimum Gasteiger partial charge on any atom is -0.381 e. The van der Waals surface area contributed by atoms with Gasteiger partial charge in [-0.15, -0.1) is 0 Å².